The number of nitrogens with two attached hydrogens (primary N) is 1. The minimum atomic E-state index is -0.461. The van der Waals surface area contributed by atoms with Crippen molar-refractivity contribution in [2.75, 3.05) is 13.2 Å². The van der Waals surface area contributed by atoms with Crippen molar-refractivity contribution in [2.24, 2.45) is 5.73 Å². The van der Waals surface area contributed by atoms with Crippen LogP contribution in [0.3, 0.4) is 0 Å². The predicted molar refractivity (Wildman–Crippen MR) is 40.9 cm³/mol. The van der Waals surface area contributed by atoms with E-state index in [1.165, 1.54) is 0 Å². The fourth-order valence-electron chi connectivity index (χ4n) is 1.36. The number of aliphatic hydroxyl groups excluding tert-OH is 1. The molecule has 0 bridgehead atoms. The minimum absolute atomic E-state index is 0.00722. The normalized spacial score (nSPS) is 31.6. The summed E-state index contributed by atoms with van der Waals surface area (Å²) in [6.45, 7) is 0.694. The van der Waals surface area contributed by atoms with Crippen LogP contribution in [0.25, 0.3) is 0 Å². The Morgan fingerprint density at radius 2 is 2.45 bits per heavy atom. The third kappa shape index (κ3) is 2.17. The SMILES string of the molecule is NC1(CCO)CCNC(=O)C1. The summed E-state index contributed by atoms with van der Waals surface area (Å²) in [6, 6.07) is 0. The first kappa shape index (κ1) is 8.49. The second-order valence-electron chi connectivity index (χ2n) is 3.11. The molecule has 1 rings (SSSR count). The Morgan fingerprint density at radius 1 is 1.73 bits per heavy atom. The molecule has 0 aromatic carbocycles. The average Bonchev–Trinajstić information content (AvgIpc) is 1.86. The third-order valence-corrected chi connectivity index (χ3v) is 2.07. The standard InChI is InChI=1S/C7H14N2O2/c8-7(2-4-10)1-3-9-6(11)5-7/h10H,1-5,8H2,(H,9,11). The summed E-state index contributed by atoms with van der Waals surface area (Å²) in [5, 5.41) is 11.4. The Bertz CT molecular complexity index is 157. The second-order valence-corrected chi connectivity index (χ2v) is 3.11. The smallest absolute Gasteiger partial charge is 0.221 e. The van der Waals surface area contributed by atoms with E-state index in [0.717, 1.165) is 6.42 Å². The van der Waals surface area contributed by atoms with Gasteiger partial charge in [-0.2, -0.15) is 0 Å². The van der Waals surface area contributed by atoms with Crippen molar-refractivity contribution < 1.29 is 9.90 Å². The summed E-state index contributed by atoms with van der Waals surface area (Å²) < 4.78 is 0. The van der Waals surface area contributed by atoms with E-state index in [-0.39, 0.29) is 12.5 Å². The first-order valence-corrected chi connectivity index (χ1v) is 3.83. The van der Waals surface area contributed by atoms with E-state index in [1.807, 2.05) is 0 Å². The number of nitrogens with one attached hydrogen (secondary N) is 1. The van der Waals surface area contributed by atoms with E-state index >= 15 is 0 Å². The number of hydrogen-bond acceptors (Lipinski definition) is 3. The maximum absolute atomic E-state index is 10.9. The summed E-state index contributed by atoms with van der Waals surface area (Å²) >= 11 is 0. The predicted octanol–water partition coefficient (Wildman–Crippen LogP) is -1.02. The topological polar surface area (TPSA) is 75.3 Å². The van der Waals surface area contributed by atoms with Crippen molar-refractivity contribution >= 4 is 5.91 Å². The fraction of sp³-hybridized carbons (Fsp3) is 0.857. The molecule has 1 aliphatic rings. The minimum Gasteiger partial charge on any atom is -0.396 e. The summed E-state index contributed by atoms with van der Waals surface area (Å²) in [4.78, 5) is 10.9. The number of amides is 1. The lowest BCUT2D eigenvalue weighted by molar-refractivity contribution is -0.124. The van der Waals surface area contributed by atoms with Crippen LogP contribution in [0, 0.1) is 0 Å². The summed E-state index contributed by atoms with van der Waals surface area (Å²) in [5.74, 6) is -0.00722. The van der Waals surface area contributed by atoms with Crippen molar-refractivity contribution in [1.29, 1.82) is 0 Å². The molecule has 1 heterocycles. The zero-order valence-electron chi connectivity index (χ0n) is 6.47. The van der Waals surface area contributed by atoms with Crippen LogP contribution in [0.1, 0.15) is 19.3 Å². The lowest BCUT2D eigenvalue weighted by Crippen LogP contribution is -2.51. The van der Waals surface area contributed by atoms with Gasteiger partial charge in [0.2, 0.25) is 5.91 Å². The number of hydrogen-bond donors (Lipinski definition) is 3. The molecule has 11 heavy (non-hydrogen) atoms. The van der Waals surface area contributed by atoms with Crippen molar-refractivity contribution in [1.82, 2.24) is 5.32 Å². The van der Waals surface area contributed by atoms with Crippen LogP contribution >= 0.6 is 0 Å². The number of carbonyl (C=O) groups is 1. The monoisotopic (exact) mass is 158 g/mol. The van der Waals surface area contributed by atoms with E-state index in [9.17, 15) is 4.79 Å². The van der Waals surface area contributed by atoms with Crippen molar-refractivity contribution in [3.8, 4) is 0 Å². The molecule has 64 valence electrons. The Labute approximate surface area is 65.8 Å². The Hall–Kier alpha value is -0.610. The van der Waals surface area contributed by atoms with E-state index in [4.69, 9.17) is 10.8 Å². The lowest BCUT2D eigenvalue weighted by atomic mass is 9.86. The highest BCUT2D eigenvalue weighted by atomic mass is 16.3. The van der Waals surface area contributed by atoms with Crippen molar-refractivity contribution in [3.63, 3.8) is 0 Å². The molecule has 0 aromatic heterocycles. The fourth-order valence-corrected chi connectivity index (χ4v) is 1.36. The average molecular weight is 158 g/mol. The van der Waals surface area contributed by atoms with Gasteiger partial charge in [-0.25, -0.2) is 0 Å². The van der Waals surface area contributed by atoms with Gasteiger partial charge in [0, 0.05) is 25.1 Å². The van der Waals surface area contributed by atoms with Gasteiger partial charge in [-0.05, 0) is 12.8 Å². The van der Waals surface area contributed by atoms with Crippen molar-refractivity contribution in [2.45, 2.75) is 24.8 Å². The first-order valence-electron chi connectivity index (χ1n) is 3.83. The van der Waals surface area contributed by atoms with Gasteiger partial charge < -0.3 is 16.2 Å². The van der Waals surface area contributed by atoms with Crippen LogP contribution in [0.4, 0.5) is 0 Å². The van der Waals surface area contributed by atoms with Gasteiger partial charge >= 0.3 is 0 Å². The number of rotatable bonds is 2. The molecule has 1 atom stereocenters. The Kier molecular flexibility index (Phi) is 2.46. The molecular weight excluding hydrogens is 144 g/mol. The van der Waals surface area contributed by atoms with Gasteiger partial charge in [0.05, 0.1) is 0 Å². The van der Waals surface area contributed by atoms with Crippen LogP contribution in [-0.2, 0) is 4.79 Å². The van der Waals surface area contributed by atoms with Gasteiger partial charge in [-0.15, -0.1) is 0 Å². The van der Waals surface area contributed by atoms with Gasteiger partial charge in [0.1, 0.15) is 0 Å². The molecule has 1 amide bonds. The summed E-state index contributed by atoms with van der Waals surface area (Å²) in [5.41, 5.74) is 5.38. The third-order valence-electron chi connectivity index (χ3n) is 2.07. The Balaban J connectivity index is 2.48. The van der Waals surface area contributed by atoms with Crippen LogP contribution in [0.5, 0.6) is 0 Å². The highest BCUT2D eigenvalue weighted by Crippen LogP contribution is 2.18. The molecule has 0 radical (unpaired) electrons. The van der Waals surface area contributed by atoms with Crippen LogP contribution in [-0.4, -0.2) is 29.7 Å². The highest BCUT2D eigenvalue weighted by Gasteiger charge is 2.30. The van der Waals surface area contributed by atoms with Crippen LogP contribution in [0.2, 0.25) is 0 Å². The van der Waals surface area contributed by atoms with Crippen molar-refractivity contribution in [3.05, 3.63) is 0 Å². The first-order chi connectivity index (χ1) is 5.16. The maximum Gasteiger partial charge on any atom is 0.221 e. The molecule has 1 saturated heterocycles. The summed E-state index contributed by atoms with van der Waals surface area (Å²) in [6.07, 6.45) is 1.62. The van der Waals surface area contributed by atoms with Gasteiger partial charge in [-0.3, -0.25) is 4.79 Å². The summed E-state index contributed by atoms with van der Waals surface area (Å²) in [7, 11) is 0. The van der Waals surface area contributed by atoms with Gasteiger partial charge in [0.25, 0.3) is 0 Å². The number of carbonyl (C=O) groups excluding carboxylic acids is 1. The molecule has 0 aromatic rings. The van der Waals surface area contributed by atoms with Gasteiger partial charge in [0.15, 0.2) is 0 Å². The number of piperidine rings is 1. The van der Waals surface area contributed by atoms with E-state index < -0.39 is 5.54 Å². The molecule has 1 fully saturated rings. The molecule has 4 nitrogen and oxygen atoms in total. The molecule has 0 aliphatic carbocycles. The molecule has 1 unspecified atom stereocenters. The molecule has 0 saturated carbocycles. The second kappa shape index (κ2) is 3.19. The Morgan fingerprint density at radius 3 is 3.00 bits per heavy atom. The zero-order chi connectivity index (χ0) is 8.32. The molecule has 4 N–H and O–H groups in total. The molecule has 1 aliphatic heterocycles. The zero-order valence-corrected chi connectivity index (χ0v) is 6.47. The highest BCUT2D eigenvalue weighted by molar-refractivity contribution is 5.78. The van der Waals surface area contributed by atoms with E-state index in [0.29, 0.717) is 19.4 Å². The molecule has 4 heteroatoms. The van der Waals surface area contributed by atoms with E-state index in [2.05, 4.69) is 5.32 Å². The quantitative estimate of drug-likeness (QED) is 0.481. The molecular formula is C7H14N2O2. The maximum atomic E-state index is 10.9. The van der Waals surface area contributed by atoms with E-state index in [1.54, 1.807) is 0 Å². The number of aliphatic hydroxyl groups is 1. The molecule has 0 spiro atoms. The van der Waals surface area contributed by atoms with Crippen LogP contribution in [0.15, 0.2) is 0 Å². The van der Waals surface area contributed by atoms with Gasteiger partial charge in [-0.1, -0.05) is 0 Å². The lowest BCUT2D eigenvalue weighted by Gasteiger charge is -2.32. The van der Waals surface area contributed by atoms with Crippen LogP contribution < -0.4 is 11.1 Å². The largest absolute Gasteiger partial charge is 0.396 e.